The van der Waals surface area contributed by atoms with Gasteiger partial charge in [-0.25, -0.2) is 0 Å². The SMILES string of the molecule is C[C@@H]1[C@H](O)C(O)[C@H](C(C)(C)C)OC1(C)C. The molecule has 1 rings (SSSR count). The van der Waals surface area contributed by atoms with Crippen LogP contribution < -0.4 is 0 Å². The predicted octanol–water partition coefficient (Wildman–Crippen LogP) is 1.57. The molecule has 1 fully saturated rings. The molecule has 90 valence electrons. The van der Waals surface area contributed by atoms with E-state index in [0.717, 1.165) is 0 Å². The van der Waals surface area contributed by atoms with E-state index in [-0.39, 0.29) is 17.4 Å². The highest BCUT2D eigenvalue weighted by Gasteiger charge is 2.49. The minimum absolute atomic E-state index is 0.0638. The molecule has 3 heteroatoms. The first-order chi connectivity index (χ1) is 6.57. The molecule has 3 nitrogen and oxygen atoms in total. The lowest BCUT2D eigenvalue weighted by atomic mass is 9.74. The Hall–Kier alpha value is -0.120. The lowest BCUT2D eigenvalue weighted by Crippen LogP contribution is -2.61. The summed E-state index contributed by atoms with van der Waals surface area (Å²) in [5, 5.41) is 20.0. The van der Waals surface area contributed by atoms with Gasteiger partial charge in [-0.05, 0) is 19.3 Å². The smallest absolute Gasteiger partial charge is 0.107 e. The summed E-state index contributed by atoms with van der Waals surface area (Å²) in [4.78, 5) is 0. The second kappa shape index (κ2) is 3.72. The van der Waals surface area contributed by atoms with Crippen LogP contribution in [0.2, 0.25) is 0 Å². The molecule has 1 unspecified atom stereocenters. The van der Waals surface area contributed by atoms with E-state index >= 15 is 0 Å². The molecule has 0 bridgehead atoms. The Morgan fingerprint density at radius 3 is 1.93 bits per heavy atom. The topological polar surface area (TPSA) is 49.7 Å². The summed E-state index contributed by atoms with van der Waals surface area (Å²) in [6, 6.07) is 0. The van der Waals surface area contributed by atoms with E-state index < -0.39 is 17.8 Å². The van der Waals surface area contributed by atoms with Gasteiger partial charge in [-0.3, -0.25) is 0 Å². The van der Waals surface area contributed by atoms with Crippen LogP contribution >= 0.6 is 0 Å². The van der Waals surface area contributed by atoms with E-state index in [1.807, 2.05) is 41.5 Å². The Bertz CT molecular complexity index is 230. The van der Waals surface area contributed by atoms with Crippen LogP contribution in [0.3, 0.4) is 0 Å². The maximum atomic E-state index is 10.0. The van der Waals surface area contributed by atoms with Crippen molar-refractivity contribution >= 4 is 0 Å². The van der Waals surface area contributed by atoms with Crippen LogP contribution in [-0.2, 0) is 4.74 Å². The Kier molecular flexibility index (Phi) is 3.21. The first kappa shape index (κ1) is 12.9. The largest absolute Gasteiger partial charge is 0.390 e. The summed E-state index contributed by atoms with van der Waals surface area (Å²) in [7, 11) is 0. The summed E-state index contributed by atoms with van der Waals surface area (Å²) < 4.78 is 5.92. The fourth-order valence-corrected chi connectivity index (χ4v) is 2.08. The first-order valence-electron chi connectivity index (χ1n) is 5.61. The molecule has 2 N–H and O–H groups in total. The number of aliphatic hydroxyl groups is 2. The summed E-state index contributed by atoms with van der Waals surface area (Å²) in [6.07, 6.45) is -1.83. The zero-order chi connectivity index (χ0) is 12.0. The molecule has 0 amide bonds. The molecule has 0 aromatic heterocycles. The van der Waals surface area contributed by atoms with Gasteiger partial charge in [-0.15, -0.1) is 0 Å². The molecule has 4 atom stereocenters. The number of ether oxygens (including phenoxy) is 1. The third-order valence-corrected chi connectivity index (χ3v) is 3.55. The number of hydrogen-bond donors (Lipinski definition) is 2. The Labute approximate surface area is 92.4 Å². The second-order valence-corrected chi connectivity index (χ2v) is 6.28. The minimum atomic E-state index is -0.798. The van der Waals surface area contributed by atoms with Crippen molar-refractivity contribution < 1.29 is 14.9 Å². The lowest BCUT2D eigenvalue weighted by molar-refractivity contribution is -0.255. The first-order valence-corrected chi connectivity index (χ1v) is 5.61. The lowest BCUT2D eigenvalue weighted by Gasteiger charge is -2.50. The van der Waals surface area contributed by atoms with Crippen molar-refractivity contribution in [3.63, 3.8) is 0 Å². The molecule has 1 aliphatic heterocycles. The maximum Gasteiger partial charge on any atom is 0.107 e. The van der Waals surface area contributed by atoms with Gasteiger partial charge in [0.2, 0.25) is 0 Å². The third-order valence-electron chi connectivity index (χ3n) is 3.55. The molecule has 0 radical (unpaired) electrons. The van der Waals surface area contributed by atoms with Gasteiger partial charge in [-0.2, -0.15) is 0 Å². The summed E-state index contributed by atoms with van der Waals surface area (Å²) in [5.41, 5.74) is -0.561. The highest BCUT2D eigenvalue weighted by atomic mass is 16.5. The third kappa shape index (κ3) is 2.35. The highest BCUT2D eigenvalue weighted by molar-refractivity contribution is 4.98. The summed E-state index contributed by atoms with van der Waals surface area (Å²) in [5.74, 6) is -0.0638. The molecule has 0 spiro atoms. The molecule has 1 aliphatic rings. The van der Waals surface area contributed by atoms with E-state index in [4.69, 9.17) is 4.74 Å². The van der Waals surface area contributed by atoms with Crippen molar-refractivity contribution in [3.05, 3.63) is 0 Å². The van der Waals surface area contributed by atoms with Gasteiger partial charge in [0.05, 0.1) is 17.8 Å². The maximum absolute atomic E-state index is 10.0. The van der Waals surface area contributed by atoms with Gasteiger partial charge in [0.15, 0.2) is 0 Å². The van der Waals surface area contributed by atoms with Gasteiger partial charge in [0.1, 0.15) is 6.10 Å². The van der Waals surface area contributed by atoms with Gasteiger partial charge in [-0.1, -0.05) is 27.7 Å². The molecular formula is C12H24O3. The van der Waals surface area contributed by atoms with Gasteiger partial charge >= 0.3 is 0 Å². The molecular weight excluding hydrogens is 192 g/mol. The number of hydrogen-bond acceptors (Lipinski definition) is 3. The molecule has 0 aromatic carbocycles. The van der Waals surface area contributed by atoms with Crippen molar-refractivity contribution in [1.82, 2.24) is 0 Å². The normalized spacial score (nSPS) is 41.6. The summed E-state index contributed by atoms with van der Waals surface area (Å²) in [6.45, 7) is 11.9. The van der Waals surface area contributed by atoms with Crippen molar-refractivity contribution in [2.24, 2.45) is 11.3 Å². The molecule has 0 aromatic rings. The molecule has 0 aliphatic carbocycles. The second-order valence-electron chi connectivity index (χ2n) is 6.28. The van der Waals surface area contributed by atoms with Crippen LogP contribution in [0.25, 0.3) is 0 Å². The Morgan fingerprint density at radius 1 is 1.07 bits per heavy atom. The van der Waals surface area contributed by atoms with Crippen molar-refractivity contribution in [1.29, 1.82) is 0 Å². The quantitative estimate of drug-likeness (QED) is 0.646. The molecule has 15 heavy (non-hydrogen) atoms. The van der Waals surface area contributed by atoms with Gasteiger partial charge < -0.3 is 14.9 Å². The van der Waals surface area contributed by atoms with Crippen LogP contribution in [0, 0.1) is 11.3 Å². The van der Waals surface area contributed by atoms with Crippen LogP contribution in [-0.4, -0.2) is 34.1 Å². The molecule has 0 saturated carbocycles. The molecule has 1 saturated heterocycles. The van der Waals surface area contributed by atoms with Crippen molar-refractivity contribution in [2.45, 2.75) is 65.5 Å². The zero-order valence-corrected chi connectivity index (χ0v) is 10.6. The minimum Gasteiger partial charge on any atom is -0.390 e. The predicted molar refractivity (Wildman–Crippen MR) is 59.6 cm³/mol. The van der Waals surface area contributed by atoms with Crippen LogP contribution in [0.4, 0.5) is 0 Å². The van der Waals surface area contributed by atoms with Crippen molar-refractivity contribution in [3.8, 4) is 0 Å². The van der Waals surface area contributed by atoms with E-state index in [1.54, 1.807) is 0 Å². The highest BCUT2D eigenvalue weighted by Crippen LogP contribution is 2.40. The van der Waals surface area contributed by atoms with Gasteiger partial charge in [0, 0.05) is 5.92 Å². The van der Waals surface area contributed by atoms with Crippen LogP contribution in [0.1, 0.15) is 41.5 Å². The fraction of sp³-hybridized carbons (Fsp3) is 1.00. The molecule has 1 heterocycles. The fourth-order valence-electron chi connectivity index (χ4n) is 2.08. The van der Waals surface area contributed by atoms with E-state index in [1.165, 1.54) is 0 Å². The van der Waals surface area contributed by atoms with Crippen LogP contribution in [0.15, 0.2) is 0 Å². The number of aliphatic hydroxyl groups excluding tert-OH is 2. The average molecular weight is 216 g/mol. The van der Waals surface area contributed by atoms with Gasteiger partial charge in [0.25, 0.3) is 0 Å². The van der Waals surface area contributed by atoms with E-state index in [2.05, 4.69) is 0 Å². The van der Waals surface area contributed by atoms with Crippen LogP contribution in [0.5, 0.6) is 0 Å². The van der Waals surface area contributed by atoms with Crippen molar-refractivity contribution in [2.75, 3.05) is 0 Å². The summed E-state index contributed by atoms with van der Waals surface area (Å²) >= 11 is 0. The van der Waals surface area contributed by atoms with E-state index in [0.29, 0.717) is 0 Å². The Morgan fingerprint density at radius 2 is 1.53 bits per heavy atom. The monoisotopic (exact) mass is 216 g/mol. The standard InChI is InChI=1S/C12H24O3/c1-7-8(13)9(14)10(11(2,3)4)15-12(7,5)6/h7-10,13-14H,1-6H3/t7-,8+,9?,10-/m1/s1. The van der Waals surface area contributed by atoms with E-state index in [9.17, 15) is 10.2 Å². The number of rotatable bonds is 0. The zero-order valence-electron chi connectivity index (χ0n) is 10.6. The Balaban J connectivity index is 2.94. The average Bonchev–Trinajstić information content (AvgIpc) is 2.07.